The molecule has 90 valence electrons. The average molecular weight is 255 g/mol. The van der Waals surface area contributed by atoms with Crippen LogP contribution in [0.2, 0.25) is 0 Å². The number of benzene rings is 1. The number of ether oxygens (including phenoxy) is 2. The van der Waals surface area contributed by atoms with Gasteiger partial charge in [-0.25, -0.2) is 0 Å². The molecule has 1 aromatic carbocycles. The summed E-state index contributed by atoms with van der Waals surface area (Å²) in [6.45, 7) is -0.695. The van der Waals surface area contributed by atoms with Crippen molar-refractivity contribution in [2.24, 2.45) is 0 Å². The summed E-state index contributed by atoms with van der Waals surface area (Å²) in [5, 5.41) is 0. The van der Waals surface area contributed by atoms with Gasteiger partial charge in [0.25, 0.3) is 0 Å². The number of alkyl halides is 4. The Labute approximate surface area is 95.9 Å². The third-order valence-corrected chi connectivity index (χ3v) is 1.98. The van der Waals surface area contributed by atoms with E-state index in [1.165, 1.54) is 0 Å². The van der Waals surface area contributed by atoms with E-state index in [0.717, 1.165) is 5.56 Å². The van der Waals surface area contributed by atoms with Crippen LogP contribution in [0.15, 0.2) is 24.3 Å². The Morgan fingerprint density at radius 3 is 2.56 bits per heavy atom. The molecule has 0 heterocycles. The molecule has 0 spiro atoms. The molecule has 0 atom stereocenters. The van der Waals surface area contributed by atoms with Crippen molar-refractivity contribution in [3.8, 4) is 5.75 Å². The molecule has 6 heteroatoms. The number of hydrogen-bond acceptors (Lipinski definition) is 2. The van der Waals surface area contributed by atoms with E-state index in [9.17, 15) is 13.2 Å². The van der Waals surface area contributed by atoms with Crippen molar-refractivity contribution >= 4 is 11.6 Å². The Morgan fingerprint density at radius 1 is 1.19 bits per heavy atom. The van der Waals surface area contributed by atoms with Crippen LogP contribution >= 0.6 is 11.6 Å². The highest BCUT2D eigenvalue weighted by molar-refractivity contribution is 6.17. The Balaban J connectivity index is 2.32. The van der Waals surface area contributed by atoms with Gasteiger partial charge in [-0.1, -0.05) is 12.1 Å². The van der Waals surface area contributed by atoms with E-state index in [1.807, 2.05) is 0 Å². The quantitative estimate of drug-likeness (QED) is 0.593. The molecule has 2 nitrogen and oxygen atoms in total. The van der Waals surface area contributed by atoms with Crippen molar-refractivity contribution in [2.75, 3.05) is 13.2 Å². The lowest BCUT2D eigenvalue weighted by molar-refractivity contribution is -0.325. The van der Waals surface area contributed by atoms with Crippen molar-refractivity contribution < 1.29 is 22.6 Å². The molecule has 0 saturated heterocycles. The van der Waals surface area contributed by atoms with Crippen molar-refractivity contribution in [3.63, 3.8) is 0 Å². The minimum Gasteiger partial charge on any atom is -0.491 e. The van der Waals surface area contributed by atoms with E-state index in [2.05, 4.69) is 4.74 Å². The van der Waals surface area contributed by atoms with Crippen LogP contribution in [-0.2, 0) is 10.6 Å². The van der Waals surface area contributed by atoms with Crippen molar-refractivity contribution in [1.29, 1.82) is 0 Å². The SMILES string of the molecule is FC(F)(F)OCCOc1cccc(CCl)c1. The molecule has 1 rings (SSSR count). The summed E-state index contributed by atoms with van der Waals surface area (Å²) in [6, 6.07) is 6.83. The van der Waals surface area contributed by atoms with Crippen LogP contribution in [-0.4, -0.2) is 19.6 Å². The molecule has 0 N–H and O–H groups in total. The van der Waals surface area contributed by atoms with Gasteiger partial charge in [-0.3, -0.25) is 4.74 Å². The fourth-order valence-corrected chi connectivity index (χ4v) is 1.20. The summed E-state index contributed by atoms with van der Waals surface area (Å²) in [6.07, 6.45) is -4.61. The molecule has 0 bridgehead atoms. The largest absolute Gasteiger partial charge is 0.522 e. The summed E-state index contributed by atoms with van der Waals surface area (Å²) in [5.41, 5.74) is 0.843. The van der Waals surface area contributed by atoms with Crippen LogP contribution in [0, 0.1) is 0 Å². The van der Waals surface area contributed by atoms with Gasteiger partial charge >= 0.3 is 6.36 Å². The zero-order chi connectivity index (χ0) is 12.0. The predicted octanol–water partition coefficient (Wildman–Crippen LogP) is 3.34. The van der Waals surface area contributed by atoms with Crippen LogP contribution in [0.25, 0.3) is 0 Å². The lowest BCUT2D eigenvalue weighted by Gasteiger charge is -2.09. The fourth-order valence-electron chi connectivity index (χ4n) is 1.04. The van der Waals surface area contributed by atoms with E-state index in [-0.39, 0.29) is 6.61 Å². The van der Waals surface area contributed by atoms with Gasteiger partial charge in [0.2, 0.25) is 0 Å². The van der Waals surface area contributed by atoms with Crippen LogP contribution in [0.3, 0.4) is 0 Å². The Kier molecular flexibility index (Phi) is 4.89. The van der Waals surface area contributed by atoms with E-state index in [1.54, 1.807) is 24.3 Å². The normalized spacial score (nSPS) is 11.5. The second-order valence-corrected chi connectivity index (χ2v) is 3.19. The molecule has 0 unspecified atom stereocenters. The zero-order valence-electron chi connectivity index (χ0n) is 8.26. The van der Waals surface area contributed by atoms with Gasteiger partial charge in [-0.15, -0.1) is 24.8 Å². The maximum atomic E-state index is 11.6. The van der Waals surface area contributed by atoms with Gasteiger partial charge in [0.15, 0.2) is 0 Å². The highest BCUT2D eigenvalue weighted by Crippen LogP contribution is 2.17. The molecule has 0 aromatic heterocycles. The minimum absolute atomic E-state index is 0.161. The number of halogens is 4. The minimum atomic E-state index is -4.61. The summed E-state index contributed by atoms with van der Waals surface area (Å²) in [7, 11) is 0. The fraction of sp³-hybridized carbons (Fsp3) is 0.400. The summed E-state index contributed by atoms with van der Waals surface area (Å²) in [5.74, 6) is 0.805. The molecule has 16 heavy (non-hydrogen) atoms. The number of hydrogen-bond donors (Lipinski definition) is 0. The van der Waals surface area contributed by atoms with Gasteiger partial charge in [0, 0.05) is 5.88 Å². The Hall–Kier alpha value is -0.940. The molecule has 0 aliphatic carbocycles. The third-order valence-electron chi connectivity index (χ3n) is 1.67. The van der Waals surface area contributed by atoms with Crippen LogP contribution in [0.1, 0.15) is 5.56 Å². The van der Waals surface area contributed by atoms with E-state index in [0.29, 0.717) is 11.6 Å². The van der Waals surface area contributed by atoms with E-state index >= 15 is 0 Å². The molecule has 0 aliphatic heterocycles. The first-order valence-electron chi connectivity index (χ1n) is 4.49. The third kappa shape index (κ3) is 5.23. The van der Waals surface area contributed by atoms with Crippen molar-refractivity contribution in [1.82, 2.24) is 0 Å². The first-order chi connectivity index (χ1) is 7.51. The van der Waals surface area contributed by atoms with Gasteiger partial charge in [0.05, 0.1) is 6.61 Å². The maximum absolute atomic E-state index is 11.6. The summed E-state index contributed by atoms with van der Waals surface area (Å²) < 4.78 is 43.4. The van der Waals surface area contributed by atoms with Gasteiger partial charge < -0.3 is 4.74 Å². The highest BCUT2D eigenvalue weighted by Gasteiger charge is 2.28. The molecular weight excluding hydrogens is 245 g/mol. The smallest absolute Gasteiger partial charge is 0.491 e. The maximum Gasteiger partial charge on any atom is 0.522 e. The second-order valence-electron chi connectivity index (χ2n) is 2.92. The van der Waals surface area contributed by atoms with Crippen molar-refractivity contribution in [2.45, 2.75) is 12.2 Å². The topological polar surface area (TPSA) is 18.5 Å². The van der Waals surface area contributed by atoms with E-state index < -0.39 is 13.0 Å². The monoisotopic (exact) mass is 254 g/mol. The summed E-state index contributed by atoms with van der Waals surface area (Å²) >= 11 is 5.59. The molecule has 0 aliphatic rings. The Bertz CT molecular complexity index is 328. The highest BCUT2D eigenvalue weighted by atomic mass is 35.5. The molecule has 0 saturated carbocycles. The first kappa shape index (κ1) is 13.1. The van der Waals surface area contributed by atoms with Gasteiger partial charge in [-0.05, 0) is 17.7 Å². The molecule has 0 amide bonds. The zero-order valence-corrected chi connectivity index (χ0v) is 9.02. The lowest BCUT2D eigenvalue weighted by Crippen LogP contribution is -2.18. The molecule has 0 radical (unpaired) electrons. The van der Waals surface area contributed by atoms with Gasteiger partial charge in [-0.2, -0.15) is 0 Å². The predicted molar refractivity (Wildman–Crippen MR) is 53.5 cm³/mol. The van der Waals surface area contributed by atoms with Crippen LogP contribution in [0.4, 0.5) is 13.2 Å². The molecule has 0 fully saturated rings. The van der Waals surface area contributed by atoms with Gasteiger partial charge in [0.1, 0.15) is 12.4 Å². The van der Waals surface area contributed by atoms with Crippen LogP contribution in [0.5, 0.6) is 5.75 Å². The number of rotatable bonds is 5. The molecular formula is C10H10ClF3O2. The average Bonchev–Trinajstić information content (AvgIpc) is 2.23. The standard InChI is InChI=1S/C10H10ClF3O2/c11-7-8-2-1-3-9(6-8)15-4-5-16-10(12,13)14/h1-3,6H,4-5,7H2. The van der Waals surface area contributed by atoms with Crippen LogP contribution < -0.4 is 4.74 Å². The Morgan fingerprint density at radius 2 is 1.94 bits per heavy atom. The second kappa shape index (κ2) is 5.96. The van der Waals surface area contributed by atoms with Crippen molar-refractivity contribution in [3.05, 3.63) is 29.8 Å². The first-order valence-corrected chi connectivity index (χ1v) is 5.03. The lowest BCUT2D eigenvalue weighted by atomic mass is 10.2. The summed E-state index contributed by atoms with van der Waals surface area (Å²) in [4.78, 5) is 0. The molecule has 1 aromatic rings. The van der Waals surface area contributed by atoms with E-state index in [4.69, 9.17) is 16.3 Å².